The Morgan fingerprint density at radius 3 is 2.60 bits per heavy atom. The molecule has 6 nitrogen and oxygen atoms in total. The molecule has 1 amide bonds. The maximum Gasteiger partial charge on any atom is 0.329 e. The van der Waals surface area contributed by atoms with Crippen molar-refractivity contribution in [3.05, 3.63) is 0 Å². The van der Waals surface area contributed by atoms with Crippen molar-refractivity contribution in [1.82, 2.24) is 4.90 Å². The van der Waals surface area contributed by atoms with Crippen molar-refractivity contribution in [3.8, 4) is 0 Å². The summed E-state index contributed by atoms with van der Waals surface area (Å²) < 4.78 is 5.16. The van der Waals surface area contributed by atoms with E-state index in [1.807, 2.05) is 0 Å². The fraction of sp³-hybridized carbons (Fsp3) is 0.778. The topological polar surface area (TPSA) is 92.9 Å². The van der Waals surface area contributed by atoms with Crippen LogP contribution in [0.1, 0.15) is 13.3 Å². The Morgan fingerprint density at radius 2 is 2.13 bits per heavy atom. The lowest BCUT2D eigenvalue weighted by molar-refractivity contribution is -0.173. The zero-order chi connectivity index (χ0) is 11.5. The fourth-order valence-corrected chi connectivity index (χ4v) is 1.55. The highest BCUT2D eigenvalue weighted by atomic mass is 16.5. The summed E-state index contributed by atoms with van der Waals surface area (Å²) in [5.41, 5.74) is 4.74. The van der Waals surface area contributed by atoms with E-state index in [9.17, 15) is 9.59 Å². The summed E-state index contributed by atoms with van der Waals surface area (Å²) in [6.07, 6.45) is 0.328. The number of nitrogens with two attached hydrogens (primary N) is 1. The van der Waals surface area contributed by atoms with Crippen LogP contribution < -0.4 is 5.73 Å². The monoisotopic (exact) mass is 216 g/mol. The van der Waals surface area contributed by atoms with Gasteiger partial charge < -0.3 is 20.5 Å². The zero-order valence-electron chi connectivity index (χ0n) is 8.73. The molecule has 1 aliphatic heterocycles. The van der Waals surface area contributed by atoms with Crippen LogP contribution in [0.15, 0.2) is 0 Å². The predicted octanol–water partition coefficient (Wildman–Crippen LogP) is -0.963. The predicted molar refractivity (Wildman–Crippen MR) is 52.2 cm³/mol. The molecule has 1 rings (SSSR count). The van der Waals surface area contributed by atoms with Crippen molar-refractivity contribution >= 4 is 11.9 Å². The molecule has 0 radical (unpaired) electrons. The molecule has 1 heterocycles. The summed E-state index contributed by atoms with van der Waals surface area (Å²) >= 11 is 0. The Bertz CT molecular complexity index is 261. The molecule has 1 aliphatic rings. The van der Waals surface area contributed by atoms with Gasteiger partial charge in [-0.3, -0.25) is 4.79 Å². The van der Waals surface area contributed by atoms with Gasteiger partial charge in [-0.25, -0.2) is 4.79 Å². The first-order valence-corrected chi connectivity index (χ1v) is 4.80. The number of carboxylic acid groups (broad SMARTS) is 1. The summed E-state index contributed by atoms with van der Waals surface area (Å²) in [5, 5.41) is 8.43. The first-order valence-electron chi connectivity index (χ1n) is 4.80. The third-order valence-electron chi connectivity index (χ3n) is 2.31. The van der Waals surface area contributed by atoms with Gasteiger partial charge in [0.25, 0.3) is 0 Å². The Hall–Kier alpha value is -1.14. The summed E-state index contributed by atoms with van der Waals surface area (Å²) in [5.74, 6) is -1.00. The standard InChI is InChI=1S/C9H16N2O4/c1-9(15-4-8(13)14)5-11(6-9)7(12)2-3-10/h2-6,10H2,1H3,(H,13,14). The van der Waals surface area contributed by atoms with Crippen LogP contribution in [0.5, 0.6) is 0 Å². The molecule has 1 fully saturated rings. The van der Waals surface area contributed by atoms with E-state index < -0.39 is 11.6 Å². The maximum atomic E-state index is 11.3. The van der Waals surface area contributed by atoms with Crippen LogP contribution in [0.25, 0.3) is 0 Å². The normalized spacial score (nSPS) is 18.4. The average molecular weight is 216 g/mol. The second kappa shape index (κ2) is 4.59. The highest BCUT2D eigenvalue weighted by molar-refractivity contribution is 5.77. The molecule has 0 aromatic heterocycles. The van der Waals surface area contributed by atoms with E-state index in [1.165, 1.54) is 0 Å². The first kappa shape index (κ1) is 11.9. The van der Waals surface area contributed by atoms with Crippen molar-refractivity contribution in [2.24, 2.45) is 5.73 Å². The second-order valence-electron chi connectivity index (χ2n) is 3.92. The molecular weight excluding hydrogens is 200 g/mol. The number of hydrogen-bond acceptors (Lipinski definition) is 4. The van der Waals surface area contributed by atoms with Gasteiger partial charge in [-0.1, -0.05) is 0 Å². The molecule has 86 valence electrons. The molecule has 15 heavy (non-hydrogen) atoms. The van der Waals surface area contributed by atoms with Gasteiger partial charge in [0, 0.05) is 13.0 Å². The molecule has 6 heteroatoms. The summed E-state index contributed by atoms with van der Waals surface area (Å²) in [4.78, 5) is 23.2. The lowest BCUT2D eigenvalue weighted by Crippen LogP contribution is -2.63. The highest BCUT2D eigenvalue weighted by Crippen LogP contribution is 2.24. The largest absolute Gasteiger partial charge is 0.480 e. The van der Waals surface area contributed by atoms with Crippen LogP contribution in [0.4, 0.5) is 0 Å². The van der Waals surface area contributed by atoms with Crippen LogP contribution in [0.3, 0.4) is 0 Å². The molecule has 0 spiro atoms. The minimum absolute atomic E-state index is 0.00565. The van der Waals surface area contributed by atoms with Crippen molar-refractivity contribution in [2.45, 2.75) is 18.9 Å². The van der Waals surface area contributed by atoms with Gasteiger partial charge >= 0.3 is 5.97 Å². The van der Waals surface area contributed by atoms with Gasteiger partial charge in [-0.15, -0.1) is 0 Å². The van der Waals surface area contributed by atoms with E-state index in [0.717, 1.165) is 0 Å². The Kier molecular flexibility index (Phi) is 3.65. The Balaban J connectivity index is 2.28. The number of rotatable bonds is 5. The van der Waals surface area contributed by atoms with Gasteiger partial charge in [0.2, 0.25) is 5.91 Å². The van der Waals surface area contributed by atoms with E-state index in [0.29, 0.717) is 26.1 Å². The molecule has 3 N–H and O–H groups in total. The van der Waals surface area contributed by atoms with Gasteiger partial charge in [-0.05, 0) is 6.92 Å². The first-order chi connectivity index (χ1) is 6.97. The zero-order valence-corrected chi connectivity index (χ0v) is 8.73. The quantitative estimate of drug-likeness (QED) is 0.617. The van der Waals surface area contributed by atoms with E-state index in [-0.39, 0.29) is 12.5 Å². The Labute approximate surface area is 88.0 Å². The van der Waals surface area contributed by atoms with Crippen LogP contribution in [-0.2, 0) is 14.3 Å². The fourth-order valence-electron chi connectivity index (χ4n) is 1.55. The van der Waals surface area contributed by atoms with Crippen molar-refractivity contribution in [1.29, 1.82) is 0 Å². The third-order valence-corrected chi connectivity index (χ3v) is 2.31. The molecule has 0 bridgehead atoms. The summed E-state index contributed by atoms with van der Waals surface area (Å²) in [6, 6.07) is 0. The third kappa shape index (κ3) is 3.17. The number of nitrogens with zero attached hydrogens (tertiary/aromatic N) is 1. The summed E-state index contributed by atoms with van der Waals surface area (Å²) in [6.45, 7) is 2.69. The number of ether oxygens (including phenoxy) is 1. The van der Waals surface area contributed by atoms with E-state index in [1.54, 1.807) is 11.8 Å². The van der Waals surface area contributed by atoms with Gasteiger partial charge in [-0.2, -0.15) is 0 Å². The van der Waals surface area contributed by atoms with E-state index >= 15 is 0 Å². The van der Waals surface area contributed by atoms with Crippen LogP contribution >= 0.6 is 0 Å². The minimum Gasteiger partial charge on any atom is -0.480 e. The lowest BCUT2D eigenvalue weighted by atomic mass is 9.96. The molecule has 0 unspecified atom stereocenters. The van der Waals surface area contributed by atoms with Crippen molar-refractivity contribution in [3.63, 3.8) is 0 Å². The van der Waals surface area contributed by atoms with Gasteiger partial charge in [0.05, 0.1) is 13.1 Å². The minimum atomic E-state index is -0.997. The molecule has 0 saturated carbocycles. The number of carbonyl (C=O) groups excluding carboxylic acids is 1. The molecule has 0 aromatic carbocycles. The number of amides is 1. The molecule has 0 atom stereocenters. The number of carboxylic acids is 1. The highest BCUT2D eigenvalue weighted by Gasteiger charge is 2.42. The van der Waals surface area contributed by atoms with E-state index in [2.05, 4.69) is 0 Å². The van der Waals surface area contributed by atoms with Gasteiger partial charge in [0.1, 0.15) is 12.2 Å². The van der Waals surface area contributed by atoms with Crippen LogP contribution in [-0.4, -0.2) is 53.7 Å². The molecule has 0 aliphatic carbocycles. The van der Waals surface area contributed by atoms with Crippen molar-refractivity contribution < 1.29 is 19.4 Å². The number of likely N-dealkylation sites (tertiary alicyclic amines) is 1. The van der Waals surface area contributed by atoms with Gasteiger partial charge in [0.15, 0.2) is 0 Å². The maximum absolute atomic E-state index is 11.3. The van der Waals surface area contributed by atoms with E-state index in [4.69, 9.17) is 15.6 Å². The average Bonchev–Trinajstić information content (AvgIpc) is 2.10. The second-order valence-corrected chi connectivity index (χ2v) is 3.92. The number of aliphatic carboxylic acids is 1. The van der Waals surface area contributed by atoms with Crippen LogP contribution in [0, 0.1) is 0 Å². The molecule has 0 aromatic rings. The molecular formula is C9H16N2O4. The van der Waals surface area contributed by atoms with Crippen molar-refractivity contribution in [2.75, 3.05) is 26.2 Å². The SMILES string of the molecule is CC1(OCC(=O)O)CN(C(=O)CCN)C1. The number of hydrogen-bond donors (Lipinski definition) is 2. The lowest BCUT2D eigenvalue weighted by Gasteiger charge is -2.47. The Morgan fingerprint density at radius 1 is 1.53 bits per heavy atom. The summed E-state index contributed by atoms with van der Waals surface area (Å²) in [7, 11) is 0. The molecule has 1 saturated heterocycles. The van der Waals surface area contributed by atoms with Crippen LogP contribution in [0.2, 0.25) is 0 Å². The number of carbonyl (C=O) groups is 2. The smallest absolute Gasteiger partial charge is 0.329 e.